The number of hydrogen-bond donors (Lipinski definition) is 1. The Kier molecular flexibility index (Phi) is 6.89. The Morgan fingerprint density at radius 3 is 2.44 bits per heavy atom. The number of hydrogen-bond acceptors (Lipinski definition) is 2. The van der Waals surface area contributed by atoms with E-state index in [2.05, 4.69) is 10.4 Å². The van der Waals surface area contributed by atoms with Crippen LogP contribution in [0.1, 0.15) is 39.8 Å². The fraction of sp³-hybridized carbons (Fsp3) is 0.111. The van der Waals surface area contributed by atoms with Gasteiger partial charge in [0.05, 0.1) is 5.69 Å². The zero-order valence-corrected chi connectivity index (χ0v) is 19.4. The highest BCUT2D eigenvalue weighted by Gasteiger charge is 2.23. The lowest BCUT2D eigenvalue weighted by molar-refractivity contribution is 0.0945. The Labute approximate surface area is 201 Å². The monoisotopic (exact) mass is 477 g/mol. The van der Waals surface area contributed by atoms with Crippen molar-refractivity contribution in [1.82, 2.24) is 15.1 Å². The maximum Gasteiger partial charge on any atom is 0.272 e. The van der Waals surface area contributed by atoms with Gasteiger partial charge in [-0.25, -0.2) is 13.5 Å². The minimum atomic E-state index is -0.778. The Morgan fingerprint density at radius 1 is 1.06 bits per heavy atom. The van der Waals surface area contributed by atoms with Gasteiger partial charge in [0.2, 0.25) is 0 Å². The number of allylic oxidation sites excluding steroid dienone is 1. The van der Waals surface area contributed by atoms with E-state index in [0.717, 1.165) is 28.8 Å². The molecule has 1 amide bonds. The molecule has 1 N–H and O–H groups in total. The fourth-order valence-electron chi connectivity index (χ4n) is 3.74. The van der Waals surface area contributed by atoms with Gasteiger partial charge in [0.25, 0.3) is 5.91 Å². The minimum Gasteiger partial charge on any atom is -0.347 e. The molecule has 0 aliphatic carbocycles. The van der Waals surface area contributed by atoms with E-state index in [1.807, 2.05) is 55.5 Å². The molecule has 34 heavy (non-hydrogen) atoms. The van der Waals surface area contributed by atoms with E-state index >= 15 is 0 Å². The summed E-state index contributed by atoms with van der Waals surface area (Å²) in [5.74, 6) is -1.86. The van der Waals surface area contributed by atoms with Crippen molar-refractivity contribution < 1.29 is 13.6 Å². The van der Waals surface area contributed by atoms with E-state index < -0.39 is 11.6 Å². The lowest BCUT2D eigenvalue weighted by Crippen LogP contribution is -2.24. The Hall–Kier alpha value is -3.77. The summed E-state index contributed by atoms with van der Waals surface area (Å²) in [6.07, 6.45) is 1.89. The maximum absolute atomic E-state index is 14.7. The minimum absolute atomic E-state index is 0.0467. The van der Waals surface area contributed by atoms with Crippen LogP contribution in [0, 0.1) is 18.6 Å². The van der Waals surface area contributed by atoms with Gasteiger partial charge in [0.15, 0.2) is 11.5 Å². The van der Waals surface area contributed by atoms with Gasteiger partial charge in [0.1, 0.15) is 11.5 Å². The quantitative estimate of drug-likeness (QED) is 0.340. The first-order valence-electron chi connectivity index (χ1n) is 10.6. The summed E-state index contributed by atoms with van der Waals surface area (Å²) in [7, 11) is 0. The first-order chi connectivity index (χ1) is 16.3. The molecule has 0 aliphatic heterocycles. The lowest BCUT2D eigenvalue weighted by atomic mass is 10.0. The lowest BCUT2D eigenvalue weighted by Gasteiger charge is -2.10. The van der Waals surface area contributed by atoms with E-state index in [-0.39, 0.29) is 17.3 Å². The largest absolute Gasteiger partial charge is 0.347 e. The van der Waals surface area contributed by atoms with Crippen LogP contribution in [0.4, 0.5) is 8.78 Å². The SMILES string of the molecule is C/C(=C\c1ccc(Cl)cc1)c1c(C)c(C(=O)NCc2ccccc2)nn1-c1ccc(F)cc1F. The molecule has 4 rings (SSSR count). The molecular formula is C27H22ClF2N3O. The zero-order valence-electron chi connectivity index (χ0n) is 18.6. The molecule has 1 heterocycles. The fourth-order valence-corrected chi connectivity index (χ4v) is 3.87. The number of nitrogens with zero attached hydrogens (tertiary/aromatic N) is 2. The van der Waals surface area contributed by atoms with Crippen molar-refractivity contribution in [2.75, 3.05) is 0 Å². The highest BCUT2D eigenvalue weighted by atomic mass is 35.5. The van der Waals surface area contributed by atoms with E-state index in [1.54, 1.807) is 19.1 Å². The van der Waals surface area contributed by atoms with E-state index in [9.17, 15) is 13.6 Å². The summed E-state index contributed by atoms with van der Waals surface area (Å²) in [6, 6.07) is 20.0. The molecule has 0 aliphatic rings. The number of carbonyl (C=O) groups is 1. The molecule has 3 aromatic carbocycles. The van der Waals surface area contributed by atoms with Crippen molar-refractivity contribution in [2.24, 2.45) is 0 Å². The average Bonchev–Trinajstić information content (AvgIpc) is 3.16. The van der Waals surface area contributed by atoms with Crippen LogP contribution in [0.5, 0.6) is 0 Å². The molecule has 4 nitrogen and oxygen atoms in total. The smallest absolute Gasteiger partial charge is 0.272 e. The van der Waals surface area contributed by atoms with Crippen LogP contribution < -0.4 is 5.32 Å². The van der Waals surface area contributed by atoms with Crippen LogP contribution in [0.25, 0.3) is 17.3 Å². The van der Waals surface area contributed by atoms with Crippen LogP contribution in [-0.2, 0) is 6.54 Å². The van der Waals surface area contributed by atoms with Gasteiger partial charge < -0.3 is 5.32 Å². The van der Waals surface area contributed by atoms with Gasteiger partial charge in [-0.15, -0.1) is 0 Å². The highest BCUT2D eigenvalue weighted by Crippen LogP contribution is 2.28. The number of nitrogens with one attached hydrogen (secondary N) is 1. The molecule has 7 heteroatoms. The second-order valence-corrected chi connectivity index (χ2v) is 8.31. The molecule has 0 radical (unpaired) electrons. The van der Waals surface area contributed by atoms with Crippen LogP contribution in [0.2, 0.25) is 5.02 Å². The van der Waals surface area contributed by atoms with Gasteiger partial charge in [-0.05, 0) is 60.9 Å². The van der Waals surface area contributed by atoms with Crippen molar-refractivity contribution in [3.63, 3.8) is 0 Å². The molecule has 172 valence electrons. The number of halogens is 3. The van der Waals surface area contributed by atoms with Crippen LogP contribution in [0.3, 0.4) is 0 Å². The Morgan fingerprint density at radius 2 is 1.76 bits per heavy atom. The summed E-state index contributed by atoms with van der Waals surface area (Å²) in [6.45, 7) is 3.94. The Balaban J connectivity index is 1.77. The number of aromatic nitrogens is 2. The predicted octanol–water partition coefficient (Wildman–Crippen LogP) is 6.60. The summed E-state index contributed by atoms with van der Waals surface area (Å²) < 4.78 is 29.6. The molecule has 0 unspecified atom stereocenters. The van der Waals surface area contributed by atoms with Gasteiger partial charge in [0, 0.05) is 23.2 Å². The third-order valence-electron chi connectivity index (χ3n) is 5.40. The first-order valence-corrected chi connectivity index (χ1v) is 11.0. The van der Waals surface area contributed by atoms with Gasteiger partial charge in [-0.2, -0.15) is 5.10 Å². The van der Waals surface area contributed by atoms with E-state index in [1.165, 1.54) is 10.7 Å². The molecule has 0 fully saturated rings. The molecule has 0 saturated heterocycles. The second-order valence-electron chi connectivity index (χ2n) is 7.88. The van der Waals surface area contributed by atoms with Crippen molar-refractivity contribution in [3.05, 3.63) is 118 Å². The summed E-state index contributed by atoms with van der Waals surface area (Å²) in [5.41, 5.74) is 3.91. The second kappa shape index (κ2) is 10.0. The molecule has 0 saturated carbocycles. The Bertz CT molecular complexity index is 1360. The number of amides is 1. The number of benzene rings is 3. The average molecular weight is 478 g/mol. The van der Waals surface area contributed by atoms with Crippen molar-refractivity contribution in [1.29, 1.82) is 0 Å². The topological polar surface area (TPSA) is 46.9 Å². The number of rotatable bonds is 6. The summed E-state index contributed by atoms with van der Waals surface area (Å²) in [5, 5.41) is 7.92. The zero-order chi connectivity index (χ0) is 24.2. The van der Waals surface area contributed by atoms with Crippen molar-refractivity contribution in [3.8, 4) is 5.69 Å². The van der Waals surface area contributed by atoms with E-state index in [0.29, 0.717) is 22.8 Å². The number of carbonyl (C=O) groups excluding carboxylic acids is 1. The van der Waals surface area contributed by atoms with Gasteiger partial charge >= 0.3 is 0 Å². The maximum atomic E-state index is 14.7. The molecular weight excluding hydrogens is 456 g/mol. The molecule has 0 bridgehead atoms. The van der Waals surface area contributed by atoms with Crippen molar-refractivity contribution in [2.45, 2.75) is 20.4 Å². The summed E-state index contributed by atoms with van der Waals surface area (Å²) in [4.78, 5) is 13.0. The standard InChI is InChI=1S/C27H22ClF2N3O/c1-17(14-19-8-10-21(28)11-9-19)26-18(2)25(27(34)31-16-20-6-4-3-5-7-20)32-33(26)24-13-12-22(29)15-23(24)30/h3-15H,16H2,1-2H3,(H,31,34)/b17-14+. The molecule has 0 spiro atoms. The van der Waals surface area contributed by atoms with Crippen molar-refractivity contribution >= 4 is 29.2 Å². The normalized spacial score (nSPS) is 11.5. The van der Waals surface area contributed by atoms with Crippen LogP contribution in [0.15, 0.2) is 72.8 Å². The van der Waals surface area contributed by atoms with Crippen LogP contribution >= 0.6 is 11.6 Å². The van der Waals surface area contributed by atoms with E-state index in [4.69, 9.17) is 11.6 Å². The molecule has 4 aromatic rings. The predicted molar refractivity (Wildman–Crippen MR) is 131 cm³/mol. The first kappa shape index (κ1) is 23.4. The van der Waals surface area contributed by atoms with Crippen LogP contribution in [-0.4, -0.2) is 15.7 Å². The third kappa shape index (κ3) is 5.07. The molecule has 0 atom stereocenters. The van der Waals surface area contributed by atoms with Gasteiger partial charge in [-0.1, -0.05) is 54.1 Å². The highest BCUT2D eigenvalue weighted by molar-refractivity contribution is 6.30. The summed E-state index contributed by atoms with van der Waals surface area (Å²) >= 11 is 5.99. The van der Waals surface area contributed by atoms with Gasteiger partial charge in [-0.3, -0.25) is 4.79 Å². The molecule has 1 aromatic heterocycles. The third-order valence-corrected chi connectivity index (χ3v) is 5.65.